The number of nitrogens with one attached hydrogen (secondary N) is 2. The predicted molar refractivity (Wildman–Crippen MR) is 89.5 cm³/mol. The summed E-state index contributed by atoms with van der Waals surface area (Å²) in [6.45, 7) is 1.32. The number of carbonyl (C=O) groups excluding carboxylic acids is 2. The van der Waals surface area contributed by atoms with E-state index in [4.69, 9.17) is 10.4 Å². The van der Waals surface area contributed by atoms with Crippen LogP contribution in [-0.2, 0) is 9.59 Å². The van der Waals surface area contributed by atoms with Gasteiger partial charge in [0.25, 0.3) is 0 Å². The summed E-state index contributed by atoms with van der Waals surface area (Å²) < 4.78 is 0. The number of nitrogens with zero attached hydrogens (tertiary/aromatic N) is 2. The molecule has 2 heterocycles. The summed E-state index contributed by atoms with van der Waals surface area (Å²) in [6.07, 6.45) is 3.46. The van der Waals surface area contributed by atoms with E-state index in [0.29, 0.717) is 12.5 Å². The maximum absolute atomic E-state index is 12.2. The molecule has 2 aliphatic heterocycles. The fraction of sp³-hybridized carbons (Fsp3) is 0.812. The summed E-state index contributed by atoms with van der Waals surface area (Å²) >= 11 is 0. The van der Waals surface area contributed by atoms with Gasteiger partial charge in [0, 0.05) is 12.6 Å². The smallest absolute Gasteiger partial charge is 0.237 e. The molecule has 3 aliphatic rings. The highest BCUT2D eigenvalue weighted by Gasteiger charge is 2.45. The first-order valence-electron chi connectivity index (χ1n) is 8.43. The molecule has 1 aliphatic carbocycles. The van der Waals surface area contributed by atoms with Crippen molar-refractivity contribution in [2.45, 2.75) is 43.8 Å². The van der Waals surface area contributed by atoms with E-state index >= 15 is 0 Å². The average molecular weight is 357 g/mol. The van der Waals surface area contributed by atoms with E-state index in [1.165, 1.54) is 0 Å². The number of Topliss-reactive ketones (excluding diaryl/α,β-unsaturated/α-hetero) is 1. The first kappa shape index (κ1) is 19.1. The Morgan fingerprint density at radius 2 is 2.17 bits per heavy atom. The van der Waals surface area contributed by atoms with E-state index in [1.54, 1.807) is 4.90 Å². The third kappa shape index (κ3) is 3.72. The van der Waals surface area contributed by atoms with Gasteiger partial charge >= 0.3 is 0 Å². The lowest BCUT2D eigenvalue weighted by molar-refractivity contribution is -0.130. The topological polar surface area (TPSA) is 105 Å². The van der Waals surface area contributed by atoms with Crippen LogP contribution in [-0.4, -0.2) is 66.1 Å². The first-order valence-corrected chi connectivity index (χ1v) is 8.43. The van der Waals surface area contributed by atoms with Crippen LogP contribution in [0.5, 0.6) is 0 Å². The summed E-state index contributed by atoms with van der Waals surface area (Å²) in [5, 5.41) is 24.6. The minimum absolute atomic E-state index is 0. The Balaban J connectivity index is 0.00000208. The van der Waals surface area contributed by atoms with Crippen molar-refractivity contribution < 1.29 is 14.7 Å². The Bertz CT molecular complexity index is 524. The predicted octanol–water partition coefficient (Wildman–Crippen LogP) is -0.560. The number of fused-ring (bicyclic) bond motifs is 1. The van der Waals surface area contributed by atoms with Crippen LogP contribution in [0.3, 0.4) is 0 Å². The lowest BCUT2D eigenvalue weighted by atomic mass is 9.92. The summed E-state index contributed by atoms with van der Waals surface area (Å²) in [6, 6.07) is 1.90. The number of carbonyl (C=O) groups is 2. The molecule has 0 bridgehead atoms. The molecule has 3 N–H and O–H groups in total. The van der Waals surface area contributed by atoms with Gasteiger partial charge in [0.15, 0.2) is 5.78 Å². The molecule has 134 valence electrons. The molecular weight excluding hydrogens is 332 g/mol. The van der Waals surface area contributed by atoms with Gasteiger partial charge in [-0.25, -0.2) is 0 Å². The number of amides is 1. The number of hydrogen-bond acceptors (Lipinski definition) is 6. The van der Waals surface area contributed by atoms with Crippen molar-refractivity contribution in [3.8, 4) is 6.07 Å². The summed E-state index contributed by atoms with van der Waals surface area (Å²) in [4.78, 5) is 25.7. The number of rotatable bonds is 5. The number of nitriles is 1. The third-order valence-electron chi connectivity index (χ3n) is 5.54. The number of hydrogen-bond donors (Lipinski definition) is 3. The second-order valence-electron chi connectivity index (χ2n) is 6.86. The molecule has 7 nitrogen and oxygen atoms in total. The molecule has 5 atom stereocenters. The Hall–Kier alpha value is -1.20. The van der Waals surface area contributed by atoms with Gasteiger partial charge in [-0.2, -0.15) is 5.26 Å². The fourth-order valence-corrected chi connectivity index (χ4v) is 4.38. The van der Waals surface area contributed by atoms with Crippen molar-refractivity contribution in [2.75, 3.05) is 26.2 Å². The van der Waals surface area contributed by atoms with Crippen molar-refractivity contribution in [1.29, 1.82) is 5.26 Å². The average Bonchev–Trinajstić information content (AvgIpc) is 3.26. The maximum Gasteiger partial charge on any atom is 0.237 e. The minimum atomic E-state index is -0.415. The van der Waals surface area contributed by atoms with E-state index < -0.39 is 6.61 Å². The summed E-state index contributed by atoms with van der Waals surface area (Å²) in [5.41, 5.74) is 0. The van der Waals surface area contributed by atoms with Crippen molar-refractivity contribution in [3.05, 3.63) is 0 Å². The highest BCUT2D eigenvalue weighted by molar-refractivity contribution is 5.86. The third-order valence-corrected chi connectivity index (χ3v) is 5.54. The summed E-state index contributed by atoms with van der Waals surface area (Å²) in [7, 11) is 0. The van der Waals surface area contributed by atoms with Crippen molar-refractivity contribution in [3.63, 3.8) is 0 Å². The molecule has 2 saturated heterocycles. The fourth-order valence-electron chi connectivity index (χ4n) is 4.38. The Morgan fingerprint density at radius 1 is 1.38 bits per heavy atom. The van der Waals surface area contributed by atoms with Gasteiger partial charge < -0.3 is 20.6 Å². The largest absolute Gasteiger partial charge is 0.389 e. The number of likely N-dealkylation sites (tertiary alicyclic amines) is 1. The molecule has 3 rings (SSSR count). The van der Waals surface area contributed by atoms with E-state index in [-0.39, 0.29) is 54.7 Å². The van der Waals surface area contributed by atoms with Gasteiger partial charge in [0.1, 0.15) is 12.6 Å². The van der Waals surface area contributed by atoms with Gasteiger partial charge in [-0.3, -0.25) is 9.59 Å². The molecule has 1 saturated carbocycles. The normalized spacial score (nSPS) is 34.5. The Kier molecular flexibility index (Phi) is 6.58. The highest BCUT2D eigenvalue weighted by atomic mass is 35.5. The maximum atomic E-state index is 12.2. The Labute approximate surface area is 148 Å². The molecule has 1 amide bonds. The van der Waals surface area contributed by atoms with Gasteiger partial charge in [0.05, 0.1) is 18.7 Å². The number of aliphatic hydroxyl groups excluding tert-OH is 1. The lowest BCUT2D eigenvalue weighted by Gasteiger charge is -2.22. The molecule has 0 aromatic carbocycles. The zero-order valence-electron chi connectivity index (χ0n) is 13.6. The van der Waals surface area contributed by atoms with Gasteiger partial charge in [0.2, 0.25) is 5.91 Å². The quantitative estimate of drug-likeness (QED) is 0.610. The first-order chi connectivity index (χ1) is 11.1. The van der Waals surface area contributed by atoms with Crippen LogP contribution >= 0.6 is 12.4 Å². The zero-order chi connectivity index (χ0) is 16.4. The number of ketones is 1. The van der Waals surface area contributed by atoms with Gasteiger partial charge in [-0.15, -0.1) is 12.4 Å². The number of halogens is 1. The molecule has 8 heteroatoms. The minimum Gasteiger partial charge on any atom is -0.389 e. The molecule has 3 fully saturated rings. The molecule has 24 heavy (non-hydrogen) atoms. The second-order valence-corrected chi connectivity index (χ2v) is 6.86. The highest BCUT2D eigenvalue weighted by Crippen LogP contribution is 2.38. The zero-order valence-corrected chi connectivity index (χ0v) is 14.4. The van der Waals surface area contributed by atoms with Gasteiger partial charge in [-0.1, -0.05) is 0 Å². The van der Waals surface area contributed by atoms with Crippen LogP contribution in [0, 0.1) is 23.2 Å². The van der Waals surface area contributed by atoms with Crippen LogP contribution in [0.15, 0.2) is 0 Å². The van der Waals surface area contributed by atoms with Crippen LogP contribution in [0.1, 0.15) is 25.7 Å². The van der Waals surface area contributed by atoms with Crippen LogP contribution in [0.25, 0.3) is 0 Å². The van der Waals surface area contributed by atoms with E-state index in [0.717, 1.165) is 32.2 Å². The Morgan fingerprint density at radius 3 is 2.88 bits per heavy atom. The van der Waals surface area contributed by atoms with Crippen LogP contribution < -0.4 is 10.6 Å². The monoisotopic (exact) mass is 356 g/mol. The van der Waals surface area contributed by atoms with Gasteiger partial charge in [-0.05, 0) is 44.1 Å². The molecule has 0 radical (unpaired) electrons. The van der Waals surface area contributed by atoms with Crippen molar-refractivity contribution in [1.82, 2.24) is 15.5 Å². The van der Waals surface area contributed by atoms with Crippen molar-refractivity contribution in [2.24, 2.45) is 11.8 Å². The molecule has 5 unspecified atom stereocenters. The van der Waals surface area contributed by atoms with Crippen LogP contribution in [0.4, 0.5) is 0 Å². The van der Waals surface area contributed by atoms with Crippen LogP contribution in [0.2, 0.25) is 0 Å². The second kappa shape index (κ2) is 8.26. The lowest BCUT2D eigenvalue weighted by Crippen LogP contribution is -2.44. The molecule has 0 aromatic heterocycles. The van der Waals surface area contributed by atoms with E-state index in [9.17, 15) is 9.59 Å². The number of aliphatic hydroxyl groups is 1. The standard InChI is InChI=1S/C16H24N4O3.ClH/c17-6-12-2-1-3-20(12)15(23)8-18-11-4-10-7-19-16(13(10)5-11)14(22)9-21;/h10-13,16,18-19,21H,1-5,7-9H2;1H. The van der Waals surface area contributed by atoms with E-state index in [1.807, 2.05) is 0 Å². The SMILES string of the molecule is Cl.N#CC1CCCN1C(=O)CNC1CC2CNC(C(=O)CO)C2C1. The molecule has 0 spiro atoms. The molecule has 0 aromatic rings. The molecular formula is C16H25ClN4O3. The summed E-state index contributed by atoms with van der Waals surface area (Å²) in [5.74, 6) is 0.540. The van der Waals surface area contributed by atoms with Crippen molar-refractivity contribution >= 4 is 24.1 Å². The van der Waals surface area contributed by atoms with E-state index in [2.05, 4.69) is 16.7 Å².